The number of aromatic nitrogens is 3. The zero-order valence-electron chi connectivity index (χ0n) is 16.0. The highest BCUT2D eigenvalue weighted by Gasteiger charge is 2.29. The minimum Gasteiger partial charge on any atom is -0.486 e. The van der Waals surface area contributed by atoms with Gasteiger partial charge in [-0.15, -0.1) is 0 Å². The molecule has 150 valence electrons. The molecule has 1 amide bonds. The molecule has 0 spiro atoms. The summed E-state index contributed by atoms with van der Waals surface area (Å²) in [7, 11) is 1.42. The summed E-state index contributed by atoms with van der Waals surface area (Å²) in [5, 5.41) is 2.34. The van der Waals surface area contributed by atoms with E-state index in [1.807, 2.05) is 6.07 Å². The van der Waals surface area contributed by atoms with Crippen LogP contribution in [-0.2, 0) is 6.54 Å². The maximum atomic E-state index is 14.0. The Labute approximate surface area is 165 Å². The molecule has 3 aromatic rings. The number of nitrogens with zero attached hydrogens (tertiary/aromatic N) is 3. The molecule has 0 saturated carbocycles. The van der Waals surface area contributed by atoms with Gasteiger partial charge in [0.1, 0.15) is 11.9 Å². The maximum Gasteiger partial charge on any atom is 0.272 e. The van der Waals surface area contributed by atoms with E-state index in [-0.39, 0.29) is 17.4 Å². The Morgan fingerprint density at radius 1 is 1.31 bits per heavy atom. The standard InChI is InChI=1S/C20H20FN5O3/c1-11-3-16-17(25-19(11)27)4-12(6-23-16)8-26-9-14(10-26)29-13-5-15(21)18(24-7-13)20(28)22-2/h3-7,14H,8-10H2,1-2H3,(H,22,28)(H,25,27). The quantitative estimate of drug-likeness (QED) is 0.675. The number of nitrogens with one attached hydrogen (secondary N) is 2. The molecule has 1 fully saturated rings. The zero-order valence-corrected chi connectivity index (χ0v) is 16.0. The summed E-state index contributed by atoms with van der Waals surface area (Å²) >= 11 is 0. The SMILES string of the molecule is CNC(=O)c1ncc(OC2CN(Cc3cnc4cc(C)c(=O)[nH]c4c3)C2)cc1F. The fourth-order valence-corrected chi connectivity index (χ4v) is 3.26. The van der Waals surface area contributed by atoms with Crippen molar-refractivity contribution >= 4 is 16.9 Å². The highest BCUT2D eigenvalue weighted by atomic mass is 19.1. The lowest BCUT2D eigenvalue weighted by Gasteiger charge is -2.38. The second kappa shape index (κ2) is 7.59. The number of hydrogen-bond donors (Lipinski definition) is 2. The lowest BCUT2D eigenvalue weighted by molar-refractivity contribution is 0.0141. The molecule has 0 bridgehead atoms. The molecule has 1 saturated heterocycles. The lowest BCUT2D eigenvalue weighted by Crippen LogP contribution is -2.53. The van der Waals surface area contributed by atoms with Gasteiger partial charge in [-0.05, 0) is 24.6 Å². The van der Waals surface area contributed by atoms with E-state index in [0.29, 0.717) is 36.5 Å². The number of H-pyrrole nitrogens is 1. The number of carbonyl (C=O) groups is 1. The first-order valence-corrected chi connectivity index (χ1v) is 9.18. The second-order valence-electron chi connectivity index (χ2n) is 7.07. The molecular weight excluding hydrogens is 377 g/mol. The van der Waals surface area contributed by atoms with Crippen LogP contribution in [0.2, 0.25) is 0 Å². The Morgan fingerprint density at radius 2 is 2.10 bits per heavy atom. The molecule has 4 heterocycles. The highest BCUT2D eigenvalue weighted by molar-refractivity contribution is 5.92. The third-order valence-electron chi connectivity index (χ3n) is 4.83. The van der Waals surface area contributed by atoms with Gasteiger partial charge in [-0.25, -0.2) is 9.37 Å². The van der Waals surface area contributed by atoms with Crippen molar-refractivity contribution in [3.8, 4) is 5.75 Å². The minimum absolute atomic E-state index is 0.0853. The number of amides is 1. The summed E-state index contributed by atoms with van der Waals surface area (Å²) < 4.78 is 19.7. The van der Waals surface area contributed by atoms with Crippen LogP contribution in [0, 0.1) is 12.7 Å². The van der Waals surface area contributed by atoms with E-state index in [4.69, 9.17) is 4.74 Å². The van der Waals surface area contributed by atoms with Crippen molar-refractivity contribution < 1.29 is 13.9 Å². The van der Waals surface area contributed by atoms with Gasteiger partial charge in [0.15, 0.2) is 11.5 Å². The molecule has 0 unspecified atom stereocenters. The molecule has 4 rings (SSSR count). The van der Waals surface area contributed by atoms with E-state index in [2.05, 4.69) is 25.2 Å². The summed E-state index contributed by atoms with van der Waals surface area (Å²) in [5.74, 6) is -1.01. The van der Waals surface area contributed by atoms with Crippen molar-refractivity contribution in [1.29, 1.82) is 0 Å². The van der Waals surface area contributed by atoms with Crippen LogP contribution in [-0.4, -0.2) is 52.0 Å². The normalized spacial score (nSPS) is 14.6. The largest absolute Gasteiger partial charge is 0.486 e. The molecular formula is C20H20FN5O3. The third kappa shape index (κ3) is 3.95. The number of likely N-dealkylation sites (tertiary alicyclic amines) is 1. The fraction of sp³-hybridized carbons (Fsp3) is 0.300. The van der Waals surface area contributed by atoms with E-state index in [1.165, 1.54) is 19.3 Å². The Kier molecular flexibility index (Phi) is 4.98. The molecule has 1 aliphatic rings. The topological polar surface area (TPSA) is 100 Å². The molecule has 9 heteroatoms. The van der Waals surface area contributed by atoms with Crippen molar-refractivity contribution in [2.45, 2.75) is 19.6 Å². The van der Waals surface area contributed by atoms with Gasteiger partial charge in [-0.3, -0.25) is 19.5 Å². The predicted molar refractivity (Wildman–Crippen MR) is 104 cm³/mol. The van der Waals surface area contributed by atoms with Gasteiger partial charge in [0.25, 0.3) is 11.5 Å². The van der Waals surface area contributed by atoms with Gasteiger partial charge in [0.05, 0.1) is 17.2 Å². The summed E-state index contributed by atoms with van der Waals surface area (Å²) in [6, 6.07) is 4.87. The number of halogens is 1. The first-order valence-electron chi connectivity index (χ1n) is 9.18. The average Bonchev–Trinajstić information content (AvgIpc) is 2.67. The van der Waals surface area contributed by atoms with Gasteiger partial charge in [0.2, 0.25) is 0 Å². The summed E-state index contributed by atoms with van der Waals surface area (Å²) in [6.07, 6.45) is 3.06. The molecule has 8 nitrogen and oxygen atoms in total. The third-order valence-corrected chi connectivity index (χ3v) is 4.83. The van der Waals surface area contributed by atoms with Crippen molar-refractivity contribution in [1.82, 2.24) is 25.2 Å². The molecule has 0 aromatic carbocycles. The van der Waals surface area contributed by atoms with Crippen LogP contribution >= 0.6 is 0 Å². The maximum absolute atomic E-state index is 14.0. The van der Waals surface area contributed by atoms with E-state index in [9.17, 15) is 14.0 Å². The molecule has 3 aromatic heterocycles. The molecule has 0 radical (unpaired) electrons. The van der Waals surface area contributed by atoms with Gasteiger partial charge in [-0.2, -0.15) is 0 Å². The van der Waals surface area contributed by atoms with Crippen LogP contribution in [0.25, 0.3) is 11.0 Å². The van der Waals surface area contributed by atoms with Gasteiger partial charge in [0, 0.05) is 44.5 Å². The first kappa shape index (κ1) is 19.0. The van der Waals surface area contributed by atoms with Crippen LogP contribution < -0.4 is 15.6 Å². The van der Waals surface area contributed by atoms with Crippen molar-refractivity contribution in [2.75, 3.05) is 20.1 Å². The van der Waals surface area contributed by atoms with Crippen molar-refractivity contribution in [2.24, 2.45) is 0 Å². The highest BCUT2D eigenvalue weighted by Crippen LogP contribution is 2.21. The lowest BCUT2D eigenvalue weighted by atomic mass is 10.1. The van der Waals surface area contributed by atoms with E-state index < -0.39 is 11.7 Å². The Hall–Kier alpha value is -3.33. The van der Waals surface area contributed by atoms with Gasteiger partial charge < -0.3 is 15.0 Å². The molecule has 0 aliphatic carbocycles. The summed E-state index contributed by atoms with van der Waals surface area (Å²) in [4.78, 5) is 36.5. The molecule has 1 aliphatic heterocycles. The van der Waals surface area contributed by atoms with E-state index in [0.717, 1.165) is 11.1 Å². The van der Waals surface area contributed by atoms with Gasteiger partial charge in [-0.1, -0.05) is 0 Å². The number of aryl methyl sites for hydroxylation is 1. The van der Waals surface area contributed by atoms with Crippen molar-refractivity contribution in [3.63, 3.8) is 0 Å². The van der Waals surface area contributed by atoms with Crippen LogP contribution in [0.4, 0.5) is 4.39 Å². The Morgan fingerprint density at radius 3 is 2.83 bits per heavy atom. The number of carbonyl (C=O) groups excluding carboxylic acids is 1. The molecule has 29 heavy (non-hydrogen) atoms. The van der Waals surface area contributed by atoms with E-state index in [1.54, 1.807) is 19.2 Å². The number of fused-ring (bicyclic) bond motifs is 1. The smallest absolute Gasteiger partial charge is 0.272 e. The van der Waals surface area contributed by atoms with E-state index >= 15 is 0 Å². The Bertz CT molecular complexity index is 1140. The zero-order chi connectivity index (χ0) is 20.5. The Balaban J connectivity index is 1.35. The van der Waals surface area contributed by atoms with Crippen LogP contribution in [0.5, 0.6) is 5.75 Å². The first-order chi connectivity index (χ1) is 13.9. The van der Waals surface area contributed by atoms with Crippen molar-refractivity contribution in [3.05, 3.63) is 63.6 Å². The number of ether oxygens (including phenoxy) is 1. The average molecular weight is 397 g/mol. The number of pyridine rings is 3. The number of aromatic amines is 1. The van der Waals surface area contributed by atoms with Crippen LogP contribution in [0.3, 0.4) is 0 Å². The van der Waals surface area contributed by atoms with Crippen LogP contribution in [0.15, 0.2) is 35.4 Å². The van der Waals surface area contributed by atoms with Gasteiger partial charge >= 0.3 is 0 Å². The van der Waals surface area contributed by atoms with Crippen LogP contribution in [0.1, 0.15) is 21.6 Å². The summed E-state index contributed by atoms with van der Waals surface area (Å²) in [5.41, 5.74) is 2.71. The molecule has 2 N–H and O–H groups in total. The monoisotopic (exact) mass is 397 g/mol. The fourth-order valence-electron chi connectivity index (χ4n) is 3.26. The number of rotatable bonds is 5. The number of hydrogen-bond acceptors (Lipinski definition) is 6. The summed E-state index contributed by atoms with van der Waals surface area (Å²) in [6.45, 7) is 3.75. The second-order valence-corrected chi connectivity index (χ2v) is 7.07. The molecule has 0 atom stereocenters. The predicted octanol–water partition coefficient (Wildman–Crippen LogP) is 1.39. The minimum atomic E-state index is -0.718.